The highest BCUT2D eigenvalue weighted by Gasteiger charge is 2.04. The lowest BCUT2D eigenvalue weighted by atomic mass is 10.7. The Balaban J connectivity index is 0. The first-order valence-corrected chi connectivity index (χ1v) is 1.11. The number of rotatable bonds is 0. The van der Waals surface area contributed by atoms with E-state index in [2.05, 4.69) is 0 Å². The Bertz CT molecular complexity index is 72.9. The average molecular weight is 102 g/mol. The quantitative estimate of drug-likeness (QED) is 0.394. The van der Waals surface area contributed by atoms with E-state index < -0.39 is 11.9 Å². The molecule has 0 heterocycles. The molecule has 0 fully saturated rings. The van der Waals surface area contributed by atoms with Gasteiger partial charge in [0.25, 0.3) is 0 Å². The molecule has 0 aromatic rings. The van der Waals surface area contributed by atoms with Gasteiger partial charge in [-0.2, -0.15) is 0 Å². The largest absolute Gasteiger partial charge is 0.473 e. The molecule has 0 saturated carbocycles. The van der Waals surface area contributed by atoms with Crippen LogP contribution in [0.1, 0.15) is 0 Å². The fourth-order valence-electron chi connectivity index (χ4n) is 0. The molecular weight excluding hydrogens is 100 g/mol. The summed E-state index contributed by atoms with van der Waals surface area (Å²) >= 11 is 0. The van der Waals surface area contributed by atoms with E-state index in [-0.39, 0.29) is 7.43 Å². The predicted molar refractivity (Wildman–Crippen MR) is 18.5 cm³/mol. The second-order valence-corrected chi connectivity index (χ2v) is 0.610. The lowest BCUT2D eigenvalue weighted by Crippen LogP contribution is -2.09. The van der Waals surface area contributed by atoms with Crippen molar-refractivity contribution < 1.29 is 19.8 Å². The average Bonchev–Trinajstić information content (AvgIpc) is 1.36. The molecule has 0 aliphatic rings. The Morgan fingerprint density at radius 1 is 1.00 bits per heavy atom. The van der Waals surface area contributed by atoms with Gasteiger partial charge in [-0.15, -0.1) is 0 Å². The van der Waals surface area contributed by atoms with E-state index in [1.165, 1.54) is 0 Å². The van der Waals surface area contributed by atoms with Crippen molar-refractivity contribution in [1.82, 2.24) is 0 Å². The zero-order valence-corrected chi connectivity index (χ0v) is 3.21. The third-order valence-corrected chi connectivity index (χ3v) is 0.183. The summed E-state index contributed by atoms with van der Waals surface area (Å²) in [6.07, 6.45) is 0. The SMILES string of the molecule is O=C(O)C(=O)O.[C]. The van der Waals surface area contributed by atoms with Crippen molar-refractivity contribution in [1.29, 1.82) is 0 Å². The molecular formula is C3H2O4. The zero-order chi connectivity index (χ0) is 5.15. The Hall–Kier alpha value is -1.06. The van der Waals surface area contributed by atoms with E-state index in [0.29, 0.717) is 0 Å². The Morgan fingerprint density at radius 3 is 1.14 bits per heavy atom. The molecule has 4 heteroatoms. The van der Waals surface area contributed by atoms with Crippen molar-refractivity contribution in [3.8, 4) is 0 Å². The molecule has 0 spiro atoms. The van der Waals surface area contributed by atoms with Crippen LogP contribution in [-0.2, 0) is 9.59 Å². The number of carboxylic acid groups (broad SMARTS) is 2. The summed E-state index contributed by atoms with van der Waals surface area (Å²) in [5.41, 5.74) is 0. The van der Waals surface area contributed by atoms with Gasteiger partial charge in [0.15, 0.2) is 0 Å². The first-order valence-electron chi connectivity index (χ1n) is 1.11. The van der Waals surface area contributed by atoms with Crippen LogP contribution in [0.4, 0.5) is 0 Å². The van der Waals surface area contributed by atoms with Crippen molar-refractivity contribution in [2.24, 2.45) is 0 Å². The minimum atomic E-state index is -1.82. The number of aliphatic carboxylic acids is 2. The molecule has 0 aromatic heterocycles. The van der Waals surface area contributed by atoms with Gasteiger partial charge in [-0.05, 0) is 0 Å². The fraction of sp³-hybridized carbons (Fsp3) is 0. The smallest absolute Gasteiger partial charge is 0.414 e. The molecule has 0 amide bonds. The van der Waals surface area contributed by atoms with E-state index in [0.717, 1.165) is 0 Å². The lowest BCUT2D eigenvalue weighted by Gasteiger charge is -1.72. The fourth-order valence-corrected chi connectivity index (χ4v) is 0. The standard InChI is InChI=1S/C2H2O4.C/c3-1(4)2(5)6;/h(H,3,4)(H,5,6);. The highest BCUT2D eigenvalue weighted by molar-refractivity contribution is 6.27. The third kappa shape index (κ3) is 4.94. The van der Waals surface area contributed by atoms with Crippen LogP contribution < -0.4 is 0 Å². The summed E-state index contributed by atoms with van der Waals surface area (Å²) < 4.78 is 0. The van der Waals surface area contributed by atoms with Crippen molar-refractivity contribution in [2.75, 3.05) is 0 Å². The van der Waals surface area contributed by atoms with Crippen LogP contribution in [0.5, 0.6) is 0 Å². The first kappa shape index (κ1) is 9.34. The van der Waals surface area contributed by atoms with E-state index in [1.807, 2.05) is 0 Å². The van der Waals surface area contributed by atoms with Gasteiger partial charge in [0.2, 0.25) is 0 Å². The van der Waals surface area contributed by atoms with Gasteiger partial charge in [0.05, 0.1) is 0 Å². The lowest BCUT2D eigenvalue weighted by molar-refractivity contribution is -0.159. The molecule has 0 aromatic carbocycles. The molecule has 2 N–H and O–H groups in total. The monoisotopic (exact) mass is 102 g/mol. The van der Waals surface area contributed by atoms with E-state index in [4.69, 9.17) is 19.8 Å². The van der Waals surface area contributed by atoms with Gasteiger partial charge in [0, 0.05) is 7.43 Å². The highest BCUT2D eigenvalue weighted by atomic mass is 16.4. The topological polar surface area (TPSA) is 74.6 Å². The summed E-state index contributed by atoms with van der Waals surface area (Å²) in [7, 11) is 0. The number of carbonyl (C=O) groups is 2. The van der Waals surface area contributed by atoms with Crippen molar-refractivity contribution in [2.45, 2.75) is 0 Å². The summed E-state index contributed by atoms with van der Waals surface area (Å²) in [6.45, 7) is 0. The predicted octanol–water partition coefficient (Wildman–Crippen LogP) is -0.763. The summed E-state index contributed by atoms with van der Waals surface area (Å²) in [6, 6.07) is 0. The molecule has 38 valence electrons. The molecule has 0 unspecified atom stereocenters. The van der Waals surface area contributed by atoms with Crippen LogP contribution in [0.3, 0.4) is 0 Å². The first-order chi connectivity index (χ1) is 2.64. The molecule has 7 heavy (non-hydrogen) atoms. The van der Waals surface area contributed by atoms with Crippen LogP contribution >= 0.6 is 0 Å². The second kappa shape index (κ2) is 3.14. The van der Waals surface area contributed by atoms with Crippen molar-refractivity contribution in [3.05, 3.63) is 7.43 Å². The second-order valence-electron chi connectivity index (χ2n) is 0.610. The number of carboxylic acids is 2. The van der Waals surface area contributed by atoms with Crippen LogP contribution in [0, 0.1) is 7.43 Å². The van der Waals surface area contributed by atoms with Crippen molar-refractivity contribution in [3.63, 3.8) is 0 Å². The molecule has 0 aliphatic heterocycles. The maximum Gasteiger partial charge on any atom is 0.414 e. The van der Waals surface area contributed by atoms with Gasteiger partial charge < -0.3 is 10.2 Å². The van der Waals surface area contributed by atoms with E-state index >= 15 is 0 Å². The van der Waals surface area contributed by atoms with Crippen molar-refractivity contribution >= 4 is 11.9 Å². The Morgan fingerprint density at radius 2 is 1.14 bits per heavy atom. The summed E-state index contributed by atoms with van der Waals surface area (Å²) in [4.78, 5) is 18.2. The summed E-state index contributed by atoms with van der Waals surface area (Å²) in [5.74, 6) is -3.65. The number of hydrogen-bond acceptors (Lipinski definition) is 2. The minimum absolute atomic E-state index is 0. The normalized spacial score (nSPS) is 6.29. The Kier molecular flexibility index (Phi) is 4.19. The zero-order valence-electron chi connectivity index (χ0n) is 3.21. The minimum Gasteiger partial charge on any atom is -0.473 e. The van der Waals surface area contributed by atoms with Gasteiger partial charge >= 0.3 is 11.9 Å². The maximum absolute atomic E-state index is 9.10. The van der Waals surface area contributed by atoms with Gasteiger partial charge in [-0.25, -0.2) is 9.59 Å². The highest BCUT2D eigenvalue weighted by Crippen LogP contribution is 1.56. The van der Waals surface area contributed by atoms with Crippen LogP contribution in [-0.4, -0.2) is 22.2 Å². The van der Waals surface area contributed by atoms with Gasteiger partial charge in [0.1, 0.15) is 0 Å². The summed E-state index contributed by atoms with van der Waals surface area (Å²) in [5, 5.41) is 14.8. The molecule has 0 aliphatic carbocycles. The van der Waals surface area contributed by atoms with Crippen LogP contribution in [0.15, 0.2) is 0 Å². The molecule has 0 atom stereocenters. The van der Waals surface area contributed by atoms with Crippen LogP contribution in [0.25, 0.3) is 0 Å². The Labute approximate surface area is 40.4 Å². The molecule has 0 saturated heterocycles. The molecule has 0 bridgehead atoms. The molecule has 4 nitrogen and oxygen atoms in total. The van der Waals surface area contributed by atoms with Gasteiger partial charge in [-0.1, -0.05) is 0 Å². The van der Waals surface area contributed by atoms with Crippen LogP contribution in [0.2, 0.25) is 0 Å². The third-order valence-electron chi connectivity index (χ3n) is 0.183. The number of hydrogen-bond donors (Lipinski definition) is 2. The molecule has 4 radical (unpaired) electrons. The molecule has 0 rings (SSSR count). The van der Waals surface area contributed by atoms with E-state index in [1.54, 1.807) is 0 Å². The van der Waals surface area contributed by atoms with Gasteiger partial charge in [-0.3, -0.25) is 0 Å². The maximum atomic E-state index is 9.10. The van der Waals surface area contributed by atoms with E-state index in [9.17, 15) is 0 Å².